The molecule has 1 aromatic carbocycles. The molecule has 1 N–H and O–H groups in total. The lowest BCUT2D eigenvalue weighted by atomic mass is 10.1. The summed E-state index contributed by atoms with van der Waals surface area (Å²) in [5.74, 6) is 0.848. The number of aryl methyl sites for hydroxylation is 2. The molecule has 0 fully saturated rings. The van der Waals surface area contributed by atoms with Gasteiger partial charge in [-0.3, -0.25) is 4.57 Å². The van der Waals surface area contributed by atoms with E-state index in [0.29, 0.717) is 0 Å². The molecule has 0 bridgehead atoms. The van der Waals surface area contributed by atoms with Crippen LogP contribution in [0.3, 0.4) is 0 Å². The number of imidazole rings is 1. The van der Waals surface area contributed by atoms with Crippen LogP contribution in [-0.2, 0) is 0 Å². The van der Waals surface area contributed by atoms with Gasteiger partial charge in [0.05, 0.1) is 0 Å². The summed E-state index contributed by atoms with van der Waals surface area (Å²) < 4.78 is 3.20. The Morgan fingerprint density at radius 2 is 1.88 bits per heavy atom. The van der Waals surface area contributed by atoms with Crippen LogP contribution in [0.25, 0.3) is 5.69 Å². The molecule has 0 radical (unpaired) electrons. The number of aromatic nitrogens is 2. The molecule has 0 aliphatic rings. The summed E-state index contributed by atoms with van der Waals surface area (Å²) in [6.07, 6.45) is 3.74. The molecule has 0 atom stereocenters. The zero-order valence-electron chi connectivity index (χ0n) is 9.58. The van der Waals surface area contributed by atoms with Gasteiger partial charge >= 0.3 is 0 Å². The molecule has 0 aliphatic heterocycles. The molecule has 4 heteroatoms. The van der Waals surface area contributed by atoms with Gasteiger partial charge in [-0.15, -0.1) is 0 Å². The van der Waals surface area contributed by atoms with Crippen molar-refractivity contribution in [3.05, 3.63) is 40.1 Å². The Kier molecular flexibility index (Phi) is 3.01. The van der Waals surface area contributed by atoms with E-state index in [0.717, 1.165) is 11.6 Å². The predicted molar refractivity (Wildman–Crippen MR) is 70.3 cm³/mol. The zero-order chi connectivity index (χ0) is 11.7. The van der Waals surface area contributed by atoms with E-state index < -0.39 is 0 Å². The Morgan fingerprint density at radius 3 is 2.44 bits per heavy atom. The fourth-order valence-electron chi connectivity index (χ4n) is 1.76. The molecule has 2 rings (SSSR count). The number of halogens is 1. The third-order valence-corrected chi connectivity index (χ3v) is 3.81. The minimum Gasteiger partial charge on any atom is -0.358 e. The van der Waals surface area contributed by atoms with Gasteiger partial charge in [-0.1, -0.05) is 15.9 Å². The number of nitrogens with zero attached hydrogens (tertiary/aromatic N) is 2. The van der Waals surface area contributed by atoms with Crippen LogP contribution in [0, 0.1) is 13.8 Å². The van der Waals surface area contributed by atoms with Crippen molar-refractivity contribution in [3.8, 4) is 5.69 Å². The van der Waals surface area contributed by atoms with Crippen LogP contribution >= 0.6 is 15.9 Å². The Morgan fingerprint density at radius 1 is 1.25 bits per heavy atom. The Hall–Kier alpha value is -1.29. The van der Waals surface area contributed by atoms with Crippen molar-refractivity contribution < 1.29 is 0 Å². The first kappa shape index (κ1) is 11.2. The first-order chi connectivity index (χ1) is 7.63. The molecule has 84 valence electrons. The molecule has 2 aromatic rings. The highest BCUT2D eigenvalue weighted by Gasteiger charge is 2.06. The van der Waals surface area contributed by atoms with Crippen molar-refractivity contribution in [2.24, 2.45) is 0 Å². The molecular weight excluding hydrogens is 266 g/mol. The molecule has 1 aromatic heterocycles. The lowest BCUT2D eigenvalue weighted by molar-refractivity contribution is 1.04. The van der Waals surface area contributed by atoms with Crippen LogP contribution in [0.15, 0.2) is 29.0 Å². The molecular formula is C12H14BrN3. The van der Waals surface area contributed by atoms with Crippen molar-refractivity contribution in [1.29, 1.82) is 0 Å². The quantitative estimate of drug-likeness (QED) is 0.914. The molecule has 0 aliphatic carbocycles. The van der Waals surface area contributed by atoms with Crippen molar-refractivity contribution in [3.63, 3.8) is 0 Å². The maximum atomic E-state index is 4.23. The van der Waals surface area contributed by atoms with Crippen molar-refractivity contribution in [2.75, 3.05) is 12.4 Å². The van der Waals surface area contributed by atoms with Crippen LogP contribution in [0.4, 0.5) is 5.95 Å². The molecule has 0 amide bonds. The Labute approximate surface area is 104 Å². The molecule has 16 heavy (non-hydrogen) atoms. The standard InChI is InChI=1S/C12H14BrN3/c1-8-6-10(7-9(2)11(8)13)16-5-4-15-12(16)14-3/h4-7H,1-3H3,(H,14,15). The van der Waals surface area contributed by atoms with Gasteiger partial charge in [-0.05, 0) is 37.1 Å². The smallest absolute Gasteiger partial charge is 0.207 e. The van der Waals surface area contributed by atoms with E-state index in [9.17, 15) is 0 Å². The van der Waals surface area contributed by atoms with E-state index in [-0.39, 0.29) is 0 Å². The second-order valence-electron chi connectivity index (χ2n) is 3.76. The summed E-state index contributed by atoms with van der Waals surface area (Å²) in [7, 11) is 1.87. The first-order valence-corrected chi connectivity index (χ1v) is 5.91. The highest BCUT2D eigenvalue weighted by Crippen LogP contribution is 2.25. The van der Waals surface area contributed by atoms with Crippen molar-refractivity contribution in [2.45, 2.75) is 13.8 Å². The van der Waals surface area contributed by atoms with E-state index in [1.54, 1.807) is 6.20 Å². The molecule has 0 spiro atoms. The first-order valence-electron chi connectivity index (χ1n) is 5.11. The normalized spacial score (nSPS) is 10.5. The molecule has 0 saturated heterocycles. The van der Waals surface area contributed by atoms with Crippen LogP contribution in [0.5, 0.6) is 0 Å². The second-order valence-corrected chi connectivity index (χ2v) is 4.56. The third-order valence-electron chi connectivity index (χ3n) is 2.56. The summed E-state index contributed by atoms with van der Waals surface area (Å²) in [5.41, 5.74) is 3.58. The van der Waals surface area contributed by atoms with Crippen LogP contribution < -0.4 is 5.32 Å². The van der Waals surface area contributed by atoms with Crippen molar-refractivity contribution in [1.82, 2.24) is 9.55 Å². The predicted octanol–water partition coefficient (Wildman–Crippen LogP) is 3.29. The van der Waals surface area contributed by atoms with Crippen LogP contribution in [-0.4, -0.2) is 16.6 Å². The van der Waals surface area contributed by atoms with Crippen LogP contribution in [0.1, 0.15) is 11.1 Å². The van der Waals surface area contributed by atoms with Crippen molar-refractivity contribution >= 4 is 21.9 Å². The topological polar surface area (TPSA) is 29.9 Å². The zero-order valence-corrected chi connectivity index (χ0v) is 11.2. The van der Waals surface area contributed by atoms with Gasteiger partial charge in [-0.2, -0.15) is 0 Å². The van der Waals surface area contributed by atoms with E-state index in [1.807, 2.05) is 17.8 Å². The molecule has 1 heterocycles. The average molecular weight is 280 g/mol. The van der Waals surface area contributed by atoms with Gasteiger partial charge in [0.25, 0.3) is 0 Å². The van der Waals surface area contributed by atoms with Gasteiger partial charge in [0.1, 0.15) is 0 Å². The number of hydrogen-bond acceptors (Lipinski definition) is 2. The van der Waals surface area contributed by atoms with Gasteiger partial charge in [-0.25, -0.2) is 4.98 Å². The lowest BCUT2D eigenvalue weighted by Crippen LogP contribution is -2.01. The van der Waals surface area contributed by atoms with E-state index >= 15 is 0 Å². The van der Waals surface area contributed by atoms with Gasteiger partial charge in [0, 0.05) is 29.6 Å². The summed E-state index contributed by atoms with van der Waals surface area (Å²) in [4.78, 5) is 4.23. The maximum Gasteiger partial charge on any atom is 0.207 e. The number of rotatable bonds is 2. The van der Waals surface area contributed by atoms with Gasteiger partial charge in [0.15, 0.2) is 0 Å². The summed E-state index contributed by atoms with van der Waals surface area (Å²) in [6.45, 7) is 4.19. The summed E-state index contributed by atoms with van der Waals surface area (Å²) in [5, 5.41) is 3.07. The minimum absolute atomic E-state index is 0.848. The number of hydrogen-bond donors (Lipinski definition) is 1. The van der Waals surface area contributed by atoms with E-state index in [4.69, 9.17) is 0 Å². The van der Waals surface area contributed by atoms with Gasteiger partial charge in [0.2, 0.25) is 5.95 Å². The Balaban J connectivity index is 2.57. The lowest BCUT2D eigenvalue weighted by Gasteiger charge is -2.11. The maximum absolute atomic E-state index is 4.23. The number of nitrogens with one attached hydrogen (secondary N) is 1. The third kappa shape index (κ3) is 1.85. The number of anilines is 1. The fourth-order valence-corrected chi connectivity index (χ4v) is 1.99. The SMILES string of the molecule is CNc1nccn1-c1cc(C)c(Br)c(C)c1. The van der Waals surface area contributed by atoms with E-state index in [1.165, 1.54) is 15.6 Å². The highest BCUT2D eigenvalue weighted by atomic mass is 79.9. The monoisotopic (exact) mass is 279 g/mol. The summed E-state index contributed by atoms with van der Waals surface area (Å²) >= 11 is 3.57. The van der Waals surface area contributed by atoms with E-state index in [2.05, 4.69) is 52.2 Å². The van der Waals surface area contributed by atoms with Crippen LogP contribution in [0.2, 0.25) is 0 Å². The fraction of sp³-hybridized carbons (Fsp3) is 0.250. The summed E-state index contributed by atoms with van der Waals surface area (Å²) in [6, 6.07) is 4.28. The van der Waals surface area contributed by atoms with Gasteiger partial charge < -0.3 is 5.32 Å². The molecule has 3 nitrogen and oxygen atoms in total. The highest BCUT2D eigenvalue weighted by molar-refractivity contribution is 9.10. The largest absolute Gasteiger partial charge is 0.358 e. The minimum atomic E-state index is 0.848. The second kappa shape index (κ2) is 4.29. The Bertz CT molecular complexity index is 494. The molecule has 0 unspecified atom stereocenters. The average Bonchev–Trinajstić information content (AvgIpc) is 2.73. The molecule has 0 saturated carbocycles. The number of benzene rings is 1.